The molecule has 0 spiro atoms. The first-order valence-corrected chi connectivity index (χ1v) is 10.00. The number of nitrogens with one attached hydrogen (secondary N) is 1. The average Bonchev–Trinajstić information content (AvgIpc) is 2.67. The molecule has 138 valence electrons. The van der Waals surface area contributed by atoms with Gasteiger partial charge in [0, 0.05) is 43.7 Å². The quantitative estimate of drug-likeness (QED) is 0.871. The molecule has 0 aromatic heterocycles. The third kappa shape index (κ3) is 4.96. The summed E-state index contributed by atoms with van der Waals surface area (Å²) < 4.78 is 0. The summed E-state index contributed by atoms with van der Waals surface area (Å²) in [5.74, 6) is 1.07. The molecule has 2 heterocycles. The van der Waals surface area contributed by atoms with Crippen molar-refractivity contribution in [2.45, 2.75) is 38.6 Å². The van der Waals surface area contributed by atoms with E-state index in [4.69, 9.17) is 11.6 Å². The standard InChI is InChI=1S/C20H30ClN3O/c1-16(18-4-2-3-5-19(18)21)23-12-14-24(15-13-23)20(25)7-6-17-8-10-22-11-9-17/h2-5,16-17,22H,6-15H2,1H3. The van der Waals surface area contributed by atoms with Crippen LogP contribution in [0.4, 0.5) is 0 Å². The van der Waals surface area contributed by atoms with Crippen LogP contribution in [0.15, 0.2) is 24.3 Å². The maximum Gasteiger partial charge on any atom is 0.222 e. The molecule has 0 bridgehead atoms. The van der Waals surface area contributed by atoms with Crippen LogP contribution in [0.5, 0.6) is 0 Å². The molecule has 2 aliphatic heterocycles. The number of piperazine rings is 1. The van der Waals surface area contributed by atoms with E-state index in [9.17, 15) is 4.79 Å². The van der Waals surface area contributed by atoms with Gasteiger partial charge in [0.2, 0.25) is 5.91 Å². The van der Waals surface area contributed by atoms with Gasteiger partial charge in [0.05, 0.1) is 0 Å². The van der Waals surface area contributed by atoms with Gasteiger partial charge in [-0.15, -0.1) is 0 Å². The molecule has 1 N–H and O–H groups in total. The molecule has 1 atom stereocenters. The van der Waals surface area contributed by atoms with Crippen molar-refractivity contribution in [3.8, 4) is 0 Å². The van der Waals surface area contributed by atoms with Crippen LogP contribution in [0.1, 0.15) is 44.2 Å². The van der Waals surface area contributed by atoms with Crippen LogP contribution in [0.3, 0.4) is 0 Å². The van der Waals surface area contributed by atoms with E-state index in [2.05, 4.69) is 28.1 Å². The van der Waals surface area contributed by atoms with E-state index in [0.717, 1.165) is 56.6 Å². The Balaban J connectivity index is 1.44. The molecule has 0 aliphatic carbocycles. The molecule has 1 aromatic rings. The van der Waals surface area contributed by atoms with Gasteiger partial charge >= 0.3 is 0 Å². The molecule has 2 aliphatic rings. The van der Waals surface area contributed by atoms with E-state index >= 15 is 0 Å². The van der Waals surface area contributed by atoms with Gasteiger partial charge in [-0.3, -0.25) is 9.69 Å². The molecule has 4 nitrogen and oxygen atoms in total. The minimum atomic E-state index is 0.292. The van der Waals surface area contributed by atoms with E-state index in [1.165, 1.54) is 18.4 Å². The SMILES string of the molecule is CC(c1ccccc1Cl)N1CCN(C(=O)CCC2CCNCC2)CC1. The van der Waals surface area contributed by atoms with Crippen molar-refractivity contribution in [1.82, 2.24) is 15.1 Å². The number of benzene rings is 1. The lowest BCUT2D eigenvalue weighted by molar-refractivity contribution is -0.133. The normalized spacial score (nSPS) is 21.3. The topological polar surface area (TPSA) is 35.6 Å². The van der Waals surface area contributed by atoms with Crippen molar-refractivity contribution in [3.05, 3.63) is 34.9 Å². The summed E-state index contributed by atoms with van der Waals surface area (Å²) in [6, 6.07) is 8.36. The highest BCUT2D eigenvalue weighted by molar-refractivity contribution is 6.31. The van der Waals surface area contributed by atoms with E-state index in [-0.39, 0.29) is 0 Å². The van der Waals surface area contributed by atoms with Crippen LogP contribution >= 0.6 is 11.6 Å². The first-order chi connectivity index (χ1) is 12.1. The van der Waals surface area contributed by atoms with Crippen molar-refractivity contribution < 1.29 is 4.79 Å². The smallest absolute Gasteiger partial charge is 0.222 e. The number of piperidine rings is 1. The van der Waals surface area contributed by atoms with Crippen LogP contribution in [-0.2, 0) is 4.79 Å². The van der Waals surface area contributed by atoms with Gasteiger partial charge in [0.15, 0.2) is 0 Å². The van der Waals surface area contributed by atoms with Crippen LogP contribution < -0.4 is 5.32 Å². The van der Waals surface area contributed by atoms with Crippen LogP contribution in [0, 0.1) is 5.92 Å². The highest BCUT2D eigenvalue weighted by Gasteiger charge is 2.26. The fourth-order valence-electron chi connectivity index (χ4n) is 4.03. The molecule has 0 radical (unpaired) electrons. The highest BCUT2D eigenvalue weighted by Crippen LogP contribution is 2.28. The second-order valence-corrected chi connectivity index (χ2v) is 7.75. The Morgan fingerprint density at radius 1 is 1.20 bits per heavy atom. The fraction of sp³-hybridized carbons (Fsp3) is 0.650. The second kappa shape index (κ2) is 9.02. The van der Waals surface area contributed by atoms with Crippen molar-refractivity contribution in [1.29, 1.82) is 0 Å². The number of hydrogen-bond donors (Lipinski definition) is 1. The molecule has 1 unspecified atom stereocenters. The molecular weight excluding hydrogens is 334 g/mol. The molecule has 2 fully saturated rings. The zero-order valence-electron chi connectivity index (χ0n) is 15.2. The van der Waals surface area contributed by atoms with Crippen molar-refractivity contribution in [2.75, 3.05) is 39.3 Å². The summed E-state index contributed by atoms with van der Waals surface area (Å²) in [5.41, 5.74) is 1.18. The summed E-state index contributed by atoms with van der Waals surface area (Å²) in [4.78, 5) is 17.0. The monoisotopic (exact) mass is 363 g/mol. The Labute approximate surface area is 156 Å². The van der Waals surface area contributed by atoms with Gasteiger partial charge in [-0.05, 0) is 56.8 Å². The Bertz CT molecular complexity index is 566. The molecular formula is C20H30ClN3O. The van der Waals surface area contributed by atoms with Gasteiger partial charge in [0.1, 0.15) is 0 Å². The number of carbonyl (C=O) groups is 1. The minimum absolute atomic E-state index is 0.292. The maximum atomic E-state index is 12.5. The first kappa shape index (κ1) is 18.7. The third-order valence-corrected chi connectivity index (χ3v) is 6.14. The molecule has 1 aromatic carbocycles. The zero-order valence-corrected chi connectivity index (χ0v) is 16.0. The summed E-state index contributed by atoms with van der Waals surface area (Å²) >= 11 is 6.34. The summed E-state index contributed by atoms with van der Waals surface area (Å²) in [5, 5.41) is 4.22. The van der Waals surface area contributed by atoms with Crippen molar-refractivity contribution in [3.63, 3.8) is 0 Å². The Hall–Kier alpha value is -1.10. The Morgan fingerprint density at radius 2 is 1.88 bits per heavy atom. The first-order valence-electron chi connectivity index (χ1n) is 9.62. The zero-order chi connectivity index (χ0) is 17.6. The lowest BCUT2D eigenvalue weighted by Crippen LogP contribution is -2.49. The summed E-state index contributed by atoms with van der Waals surface area (Å²) in [6.45, 7) is 7.93. The lowest BCUT2D eigenvalue weighted by Gasteiger charge is -2.38. The molecule has 0 saturated carbocycles. The number of rotatable bonds is 5. The third-order valence-electron chi connectivity index (χ3n) is 5.80. The van der Waals surface area contributed by atoms with Gasteiger partial charge in [-0.1, -0.05) is 29.8 Å². The number of nitrogens with zero attached hydrogens (tertiary/aromatic N) is 2. The van der Waals surface area contributed by atoms with E-state index in [1.807, 2.05) is 18.2 Å². The number of halogens is 1. The van der Waals surface area contributed by atoms with Gasteiger partial charge in [-0.25, -0.2) is 0 Å². The molecule has 25 heavy (non-hydrogen) atoms. The van der Waals surface area contributed by atoms with Crippen LogP contribution in [0.2, 0.25) is 5.02 Å². The predicted octanol–water partition coefficient (Wildman–Crippen LogP) is 3.33. The lowest BCUT2D eigenvalue weighted by atomic mass is 9.93. The minimum Gasteiger partial charge on any atom is -0.340 e. The molecule has 2 saturated heterocycles. The summed E-state index contributed by atoms with van der Waals surface area (Å²) in [6.07, 6.45) is 4.20. The molecule has 1 amide bonds. The van der Waals surface area contributed by atoms with E-state index < -0.39 is 0 Å². The predicted molar refractivity (Wildman–Crippen MR) is 103 cm³/mol. The molecule has 3 rings (SSSR count). The maximum absolute atomic E-state index is 12.5. The largest absolute Gasteiger partial charge is 0.340 e. The van der Waals surface area contributed by atoms with E-state index in [0.29, 0.717) is 18.4 Å². The fourth-order valence-corrected chi connectivity index (χ4v) is 4.32. The Morgan fingerprint density at radius 3 is 2.56 bits per heavy atom. The van der Waals surface area contributed by atoms with Crippen LogP contribution in [-0.4, -0.2) is 55.0 Å². The van der Waals surface area contributed by atoms with E-state index in [1.54, 1.807) is 0 Å². The Kier molecular flexibility index (Phi) is 6.74. The van der Waals surface area contributed by atoms with Crippen LogP contribution in [0.25, 0.3) is 0 Å². The number of amides is 1. The van der Waals surface area contributed by atoms with Gasteiger partial charge in [-0.2, -0.15) is 0 Å². The van der Waals surface area contributed by atoms with Gasteiger partial charge in [0.25, 0.3) is 0 Å². The summed E-state index contributed by atoms with van der Waals surface area (Å²) in [7, 11) is 0. The van der Waals surface area contributed by atoms with Crippen molar-refractivity contribution >= 4 is 17.5 Å². The highest BCUT2D eigenvalue weighted by atomic mass is 35.5. The van der Waals surface area contributed by atoms with Gasteiger partial charge < -0.3 is 10.2 Å². The number of carbonyl (C=O) groups excluding carboxylic acids is 1. The molecule has 5 heteroatoms. The van der Waals surface area contributed by atoms with Crippen molar-refractivity contribution in [2.24, 2.45) is 5.92 Å². The number of hydrogen-bond acceptors (Lipinski definition) is 3. The average molecular weight is 364 g/mol. The second-order valence-electron chi connectivity index (χ2n) is 7.35.